The van der Waals surface area contributed by atoms with Crippen molar-refractivity contribution in [2.75, 3.05) is 33.8 Å². The Kier molecular flexibility index (Phi) is 17.2. The number of carbonyl (C=O) groups is 2. The predicted molar refractivity (Wildman–Crippen MR) is 180 cm³/mol. The van der Waals surface area contributed by atoms with E-state index >= 15 is 0 Å². The molecular formula is C34H59N5O9. The Labute approximate surface area is 283 Å². The number of nitrogens with zero attached hydrogens (tertiary/aromatic N) is 3. The summed E-state index contributed by atoms with van der Waals surface area (Å²) in [5.41, 5.74) is 4.31. The average molecular weight is 682 g/mol. The molecule has 1 aromatic heterocycles. The van der Waals surface area contributed by atoms with Crippen molar-refractivity contribution in [3.8, 4) is 0 Å². The van der Waals surface area contributed by atoms with E-state index in [0.29, 0.717) is 19.5 Å². The van der Waals surface area contributed by atoms with Gasteiger partial charge in [0.25, 0.3) is 5.56 Å². The second kappa shape index (κ2) is 20.8. The fourth-order valence-corrected chi connectivity index (χ4v) is 6.57. The van der Waals surface area contributed by atoms with Crippen LogP contribution in [0.3, 0.4) is 0 Å². The number of aliphatic hydroxyl groups excluding tert-OH is 2. The lowest BCUT2D eigenvalue weighted by atomic mass is 9.88. The van der Waals surface area contributed by atoms with Crippen LogP contribution >= 0.6 is 0 Å². The van der Waals surface area contributed by atoms with E-state index in [2.05, 4.69) is 11.9 Å². The van der Waals surface area contributed by atoms with Gasteiger partial charge >= 0.3 is 11.7 Å². The summed E-state index contributed by atoms with van der Waals surface area (Å²) in [4.78, 5) is 60.0. The summed E-state index contributed by atoms with van der Waals surface area (Å²) in [6, 6.07) is 0.383. The van der Waals surface area contributed by atoms with Crippen LogP contribution in [0.2, 0.25) is 0 Å². The molecule has 2 aliphatic heterocycles. The summed E-state index contributed by atoms with van der Waals surface area (Å²) < 4.78 is 12.6. The number of nitrogens with one attached hydrogen (secondary N) is 1. The number of carbonyl (C=O) groups excluding carboxylic acids is 2. The van der Waals surface area contributed by atoms with E-state index in [-0.39, 0.29) is 24.9 Å². The zero-order chi connectivity index (χ0) is 35.1. The number of H-pyrrole nitrogens is 1. The Morgan fingerprint density at radius 3 is 2.08 bits per heavy atom. The fourth-order valence-electron chi connectivity index (χ4n) is 6.57. The van der Waals surface area contributed by atoms with Gasteiger partial charge in [-0.3, -0.25) is 28.8 Å². The van der Waals surface area contributed by atoms with E-state index in [1.807, 2.05) is 0 Å². The van der Waals surface area contributed by atoms with Crippen molar-refractivity contribution >= 4 is 11.9 Å². The number of hydrogen-bond acceptors (Lipinski definition) is 11. The summed E-state index contributed by atoms with van der Waals surface area (Å²) in [5, 5.41) is 23.5. The summed E-state index contributed by atoms with van der Waals surface area (Å²) in [6.45, 7) is 2.78. The van der Waals surface area contributed by atoms with E-state index in [1.165, 1.54) is 62.7 Å². The summed E-state index contributed by atoms with van der Waals surface area (Å²) >= 11 is 0. The van der Waals surface area contributed by atoms with Crippen molar-refractivity contribution in [3.63, 3.8) is 0 Å². The van der Waals surface area contributed by atoms with Crippen molar-refractivity contribution < 1.29 is 34.1 Å². The molecule has 1 aromatic rings. The number of aromatic nitrogens is 2. The molecule has 0 radical (unpaired) electrons. The molecule has 274 valence electrons. The fraction of sp³-hybridized carbons (Fsp3) is 0.824. The standard InChI is InChI=1S/C34H59N5O9/c1-4-5-6-7-8-9-10-11-12-13-14-15-16-18-26(41)46-23-24-27(32(44)37(2)3)30(48-39(24)21-17-20-35)31-28(42)29(43)33(47-31)38-22-19-25(40)36-34(38)45/h19,22,24,27-31,33,42-43H,4-18,20-21,23,35H2,1-3H3,(H,36,40,45)/t24-,27+,28-,29+,30+,31-,33+/m0/s1. The third-order valence-electron chi connectivity index (χ3n) is 9.33. The highest BCUT2D eigenvalue weighted by molar-refractivity contribution is 5.80. The van der Waals surface area contributed by atoms with Gasteiger partial charge in [0, 0.05) is 39.3 Å². The lowest BCUT2D eigenvalue weighted by Crippen LogP contribution is -2.49. The molecule has 0 bridgehead atoms. The maximum Gasteiger partial charge on any atom is 0.330 e. The molecule has 1 amide bonds. The van der Waals surface area contributed by atoms with Gasteiger partial charge in [-0.2, -0.15) is 5.06 Å². The number of esters is 1. The SMILES string of the molecule is CCCCCCCCCCCCCCCC(=O)OC[C@H]1[C@@H](C(=O)N(C)C)[C@H]([C@H]2O[C@@H](n3ccc(=O)[nH]c3=O)[C@H](O)[C@@H]2O)ON1CCCN. The first kappa shape index (κ1) is 39.8. The molecule has 0 unspecified atom stereocenters. The maximum atomic E-state index is 13.6. The van der Waals surface area contributed by atoms with Crippen LogP contribution in [0.4, 0.5) is 0 Å². The Bertz CT molecular complexity index is 1220. The van der Waals surface area contributed by atoms with Crippen LogP contribution in [0.15, 0.2) is 21.9 Å². The quantitative estimate of drug-likeness (QED) is 0.104. The van der Waals surface area contributed by atoms with Gasteiger partial charge in [-0.25, -0.2) is 4.79 Å². The molecular weight excluding hydrogens is 622 g/mol. The number of amides is 1. The first-order valence-corrected chi connectivity index (χ1v) is 17.9. The summed E-state index contributed by atoms with van der Waals surface area (Å²) in [6.07, 6.45) is 10.9. The molecule has 48 heavy (non-hydrogen) atoms. The number of ether oxygens (including phenoxy) is 2. The summed E-state index contributed by atoms with van der Waals surface area (Å²) in [5.74, 6) is -1.65. The molecule has 3 rings (SSSR count). The molecule has 0 aromatic carbocycles. The highest BCUT2D eigenvalue weighted by Gasteiger charge is 2.58. The number of nitrogens with two attached hydrogens (primary N) is 1. The molecule has 0 aliphatic carbocycles. The lowest BCUT2D eigenvalue weighted by Gasteiger charge is -2.28. The normalized spacial score (nSPS) is 25.8. The third-order valence-corrected chi connectivity index (χ3v) is 9.33. The molecule has 2 aliphatic rings. The molecule has 14 nitrogen and oxygen atoms in total. The van der Waals surface area contributed by atoms with E-state index in [1.54, 1.807) is 19.2 Å². The highest BCUT2D eigenvalue weighted by Crippen LogP contribution is 2.39. The molecule has 7 atom stereocenters. The zero-order valence-electron chi connectivity index (χ0n) is 29.1. The van der Waals surface area contributed by atoms with E-state index in [4.69, 9.17) is 20.0 Å². The second-order valence-electron chi connectivity index (χ2n) is 13.3. The van der Waals surface area contributed by atoms with Gasteiger partial charge in [0.15, 0.2) is 6.23 Å². The number of hydrogen-bond donors (Lipinski definition) is 4. The van der Waals surface area contributed by atoms with Crippen molar-refractivity contribution in [1.82, 2.24) is 19.5 Å². The van der Waals surface area contributed by atoms with Gasteiger partial charge in [-0.1, -0.05) is 84.0 Å². The van der Waals surface area contributed by atoms with Gasteiger partial charge in [0.2, 0.25) is 5.91 Å². The van der Waals surface area contributed by atoms with Gasteiger partial charge in [-0.15, -0.1) is 0 Å². The van der Waals surface area contributed by atoms with Crippen LogP contribution in [0.5, 0.6) is 0 Å². The van der Waals surface area contributed by atoms with E-state index < -0.39 is 53.9 Å². The lowest BCUT2D eigenvalue weighted by molar-refractivity contribution is -0.206. The smallest absolute Gasteiger partial charge is 0.330 e. The monoisotopic (exact) mass is 681 g/mol. The molecule has 0 saturated carbocycles. The first-order valence-electron chi connectivity index (χ1n) is 17.9. The molecule has 2 fully saturated rings. The van der Waals surface area contributed by atoms with Crippen molar-refractivity contribution in [1.29, 1.82) is 0 Å². The average Bonchev–Trinajstić information content (AvgIpc) is 3.56. The summed E-state index contributed by atoms with van der Waals surface area (Å²) in [7, 11) is 3.17. The predicted octanol–water partition coefficient (Wildman–Crippen LogP) is 2.22. The minimum absolute atomic E-state index is 0.128. The number of aliphatic hydroxyl groups is 2. The molecule has 14 heteroatoms. The van der Waals surface area contributed by atoms with Gasteiger partial charge in [0.1, 0.15) is 31.0 Å². The number of aromatic amines is 1. The molecule has 3 heterocycles. The van der Waals surface area contributed by atoms with E-state index in [0.717, 1.165) is 42.5 Å². The zero-order valence-corrected chi connectivity index (χ0v) is 29.1. The third kappa shape index (κ3) is 11.5. The van der Waals surface area contributed by atoms with Gasteiger partial charge in [0.05, 0.1) is 12.0 Å². The Hall–Kier alpha value is -2.62. The van der Waals surface area contributed by atoms with Crippen LogP contribution < -0.4 is 17.0 Å². The molecule has 0 spiro atoms. The van der Waals surface area contributed by atoms with Crippen LogP contribution in [0, 0.1) is 5.92 Å². The van der Waals surface area contributed by atoms with Crippen molar-refractivity contribution in [2.24, 2.45) is 11.7 Å². The van der Waals surface area contributed by atoms with Crippen LogP contribution in [-0.4, -0.2) is 106 Å². The Morgan fingerprint density at radius 2 is 1.52 bits per heavy atom. The minimum Gasteiger partial charge on any atom is -0.464 e. The van der Waals surface area contributed by atoms with Crippen LogP contribution in [0.1, 0.15) is 109 Å². The topological polar surface area (TPSA) is 190 Å². The van der Waals surface area contributed by atoms with Crippen molar-refractivity contribution in [3.05, 3.63) is 33.1 Å². The Balaban J connectivity index is 1.55. The first-order chi connectivity index (χ1) is 23.1. The highest BCUT2D eigenvalue weighted by atomic mass is 16.7. The molecule has 5 N–H and O–H groups in total. The number of rotatable bonds is 22. The number of unbranched alkanes of at least 4 members (excludes halogenated alkanes) is 12. The number of hydroxylamine groups is 2. The maximum absolute atomic E-state index is 13.6. The minimum atomic E-state index is -1.56. The largest absolute Gasteiger partial charge is 0.464 e. The Morgan fingerprint density at radius 1 is 0.917 bits per heavy atom. The molecule has 2 saturated heterocycles. The second-order valence-corrected chi connectivity index (χ2v) is 13.3. The van der Waals surface area contributed by atoms with Crippen molar-refractivity contribution in [2.45, 2.75) is 140 Å². The van der Waals surface area contributed by atoms with Crippen LogP contribution in [-0.2, 0) is 23.9 Å². The van der Waals surface area contributed by atoms with Gasteiger partial charge < -0.3 is 30.3 Å². The van der Waals surface area contributed by atoms with E-state index in [9.17, 15) is 29.4 Å². The van der Waals surface area contributed by atoms with Crippen LogP contribution in [0.25, 0.3) is 0 Å². The van der Waals surface area contributed by atoms with Gasteiger partial charge in [-0.05, 0) is 19.4 Å².